The Labute approximate surface area is 189 Å². The maximum atomic E-state index is 12.2. The lowest BCUT2D eigenvalue weighted by atomic mass is 9.81. The van der Waals surface area contributed by atoms with Crippen molar-refractivity contribution in [3.05, 3.63) is 51.1 Å². The molecule has 1 aliphatic carbocycles. The van der Waals surface area contributed by atoms with Crippen molar-refractivity contribution in [2.75, 3.05) is 31.6 Å². The summed E-state index contributed by atoms with van der Waals surface area (Å²) in [7, 11) is 1.68. The minimum atomic E-state index is -0.0802. The summed E-state index contributed by atoms with van der Waals surface area (Å²) >= 11 is 10.4. The minimum Gasteiger partial charge on any atom is -0.497 e. The van der Waals surface area contributed by atoms with Gasteiger partial charge >= 0.3 is 6.03 Å². The van der Waals surface area contributed by atoms with Gasteiger partial charge in [-0.15, -0.1) is 0 Å². The van der Waals surface area contributed by atoms with Crippen molar-refractivity contribution < 1.29 is 9.53 Å². The second-order valence-corrected chi connectivity index (χ2v) is 9.66. The van der Waals surface area contributed by atoms with Crippen molar-refractivity contribution in [3.8, 4) is 5.75 Å². The number of rotatable bonds is 4. The zero-order valence-electron chi connectivity index (χ0n) is 16.8. The van der Waals surface area contributed by atoms with Crippen molar-refractivity contribution in [1.82, 2.24) is 15.2 Å². The first-order valence-corrected chi connectivity index (χ1v) is 11.4. The van der Waals surface area contributed by atoms with Crippen LogP contribution in [0.2, 0.25) is 5.02 Å². The number of pyridine rings is 1. The third kappa shape index (κ3) is 3.23. The molecule has 2 amide bonds. The number of anilines is 1. The topological polar surface area (TPSA) is 57.7 Å². The normalized spacial score (nSPS) is 25.2. The van der Waals surface area contributed by atoms with Crippen molar-refractivity contribution in [2.45, 2.75) is 37.3 Å². The zero-order chi connectivity index (χ0) is 20.9. The molecule has 3 heterocycles. The number of hydrogen-bond acceptors (Lipinski definition) is 4. The van der Waals surface area contributed by atoms with Crippen LogP contribution in [-0.2, 0) is 12.0 Å². The molecular weight excluding hydrogens is 468 g/mol. The molecule has 6 nitrogen and oxygen atoms in total. The summed E-state index contributed by atoms with van der Waals surface area (Å²) in [5.41, 5.74) is 2.26. The molecule has 1 N–H and O–H groups in total. The van der Waals surface area contributed by atoms with E-state index in [1.54, 1.807) is 13.3 Å². The molecule has 3 aliphatic rings. The Bertz CT molecular complexity index is 986. The summed E-state index contributed by atoms with van der Waals surface area (Å²) in [6, 6.07) is 8.47. The number of ether oxygens (including phenoxy) is 1. The number of hydrogen-bond donors (Lipinski definition) is 1. The molecule has 30 heavy (non-hydrogen) atoms. The third-order valence-electron chi connectivity index (χ3n) is 6.72. The van der Waals surface area contributed by atoms with Crippen LogP contribution in [-0.4, -0.2) is 48.7 Å². The van der Waals surface area contributed by atoms with E-state index < -0.39 is 0 Å². The van der Waals surface area contributed by atoms with Gasteiger partial charge in [-0.05, 0) is 52.9 Å². The van der Waals surface area contributed by atoms with Crippen molar-refractivity contribution in [1.29, 1.82) is 0 Å². The molecular formula is C22H24BrClN4O2. The molecule has 0 unspecified atom stereocenters. The molecule has 1 aromatic heterocycles. The van der Waals surface area contributed by atoms with Crippen LogP contribution in [0.5, 0.6) is 5.75 Å². The molecule has 2 aliphatic heterocycles. The summed E-state index contributed by atoms with van der Waals surface area (Å²) in [5, 5.41) is 3.69. The van der Waals surface area contributed by atoms with Crippen molar-refractivity contribution in [3.63, 3.8) is 0 Å². The number of carbonyl (C=O) groups is 1. The third-order valence-corrected chi connectivity index (χ3v) is 7.94. The first-order valence-electron chi connectivity index (χ1n) is 10.3. The lowest BCUT2D eigenvalue weighted by molar-refractivity contribution is 0.196. The predicted octanol–water partition coefficient (Wildman–Crippen LogP) is 4.34. The second kappa shape index (κ2) is 7.61. The summed E-state index contributed by atoms with van der Waals surface area (Å²) in [6.07, 6.45) is 4.71. The van der Waals surface area contributed by atoms with Gasteiger partial charge in [0, 0.05) is 49.4 Å². The Hall–Kier alpha value is -1.99. The fourth-order valence-corrected chi connectivity index (χ4v) is 5.97. The second-order valence-electron chi connectivity index (χ2n) is 8.43. The van der Waals surface area contributed by atoms with Crippen LogP contribution in [0.3, 0.4) is 0 Å². The van der Waals surface area contributed by atoms with Crippen molar-refractivity contribution >= 4 is 39.4 Å². The highest BCUT2D eigenvalue weighted by molar-refractivity contribution is 9.10. The molecule has 2 aromatic rings. The number of fused-ring (bicyclic) bond motifs is 2. The molecule has 0 bridgehead atoms. The van der Waals surface area contributed by atoms with Crippen molar-refractivity contribution in [2.24, 2.45) is 0 Å². The van der Waals surface area contributed by atoms with E-state index in [0.717, 1.165) is 72.1 Å². The highest BCUT2D eigenvalue weighted by Crippen LogP contribution is 2.54. The van der Waals surface area contributed by atoms with E-state index >= 15 is 0 Å². The average Bonchev–Trinajstić information content (AvgIpc) is 3.44. The number of nitrogens with zero attached hydrogens (tertiary/aromatic N) is 3. The Morgan fingerprint density at radius 1 is 1.37 bits per heavy atom. The zero-order valence-corrected chi connectivity index (χ0v) is 19.2. The first kappa shape index (κ1) is 19.9. The molecule has 0 radical (unpaired) electrons. The molecule has 2 fully saturated rings. The fourth-order valence-electron chi connectivity index (χ4n) is 5.34. The number of benzene rings is 1. The first-order chi connectivity index (χ1) is 14.5. The average molecular weight is 492 g/mol. The van der Waals surface area contributed by atoms with Gasteiger partial charge in [0.2, 0.25) is 0 Å². The molecule has 1 aromatic carbocycles. The lowest BCUT2D eigenvalue weighted by Gasteiger charge is -2.28. The number of carbonyl (C=O) groups excluding carboxylic acids is 1. The van der Waals surface area contributed by atoms with Gasteiger partial charge in [-0.3, -0.25) is 0 Å². The SMILES string of the molecule is COc1ccc(CN2C[C@@]3(CC[C@H](N4CCNC4=O)C3)c3c2ncc(Br)c3Cl)cc1. The maximum absolute atomic E-state index is 12.2. The summed E-state index contributed by atoms with van der Waals surface area (Å²) in [5.74, 6) is 1.82. The Morgan fingerprint density at radius 3 is 2.87 bits per heavy atom. The van der Waals surface area contributed by atoms with Crippen LogP contribution in [0.1, 0.15) is 30.4 Å². The van der Waals surface area contributed by atoms with E-state index in [2.05, 4.69) is 38.3 Å². The highest BCUT2D eigenvalue weighted by atomic mass is 79.9. The predicted molar refractivity (Wildman–Crippen MR) is 120 cm³/mol. The van der Waals surface area contributed by atoms with Crippen LogP contribution in [0.25, 0.3) is 0 Å². The largest absolute Gasteiger partial charge is 0.497 e. The molecule has 8 heteroatoms. The van der Waals surface area contributed by atoms with Crippen LogP contribution in [0.15, 0.2) is 34.9 Å². The van der Waals surface area contributed by atoms with Gasteiger partial charge < -0.3 is 19.9 Å². The standard InChI is InChI=1S/C22H24BrClN4O2/c1-30-16-4-2-14(3-5-16)12-27-13-22(18-19(24)17(23)11-26-20(18)27)7-6-15(10-22)28-9-8-25-21(28)29/h2-5,11,15H,6-10,12-13H2,1H3,(H,25,29)/t15-,22-/m0/s1. The van der Waals surface area contributed by atoms with E-state index in [1.807, 2.05) is 17.0 Å². The number of amides is 2. The smallest absolute Gasteiger partial charge is 0.317 e. The molecule has 158 valence electrons. The quantitative estimate of drug-likeness (QED) is 0.691. The summed E-state index contributed by atoms with van der Waals surface area (Å²) < 4.78 is 6.11. The molecule has 2 atom stereocenters. The number of methoxy groups -OCH3 is 1. The number of nitrogens with one attached hydrogen (secondary N) is 1. The van der Waals surface area contributed by atoms with Gasteiger partial charge in [-0.2, -0.15) is 0 Å². The minimum absolute atomic E-state index is 0.0591. The highest BCUT2D eigenvalue weighted by Gasteiger charge is 2.51. The molecule has 1 spiro atoms. The van der Waals surface area contributed by atoms with Crippen LogP contribution in [0, 0.1) is 0 Å². The van der Waals surface area contributed by atoms with Gasteiger partial charge in [-0.1, -0.05) is 23.7 Å². The van der Waals surface area contributed by atoms with Gasteiger partial charge in [0.1, 0.15) is 11.6 Å². The monoisotopic (exact) mass is 490 g/mol. The Morgan fingerprint density at radius 2 is 2.17 bits per heavy atom. The Balaban J connectivity index is 1.46. The van der Waals surface area contributed by atoms with E-state index in [-0.39, 0.29) is 17.5 Å². The maximum Gasteiger partial charge on any atom is 0.317 e. The molecule has 5 rings (SSSR count). The van der Waals surface area contributed by atoms with Gasteiger partial charge in [-0.25, -0.2) is 9.78 Å². The summed E-state index contributed by atoms with van der Waals surface area (Å²) in [4.78, 5) is 21.3. The van der Waals surface area contributed by atoms with Gasteiger partial charge in [0.05, 0.1) is 16.6 Å². The van der Waals surface area contributed by atoms with E-state index in [4.69, 9.17) is 21.3 Å². The van der Waals surface area contributed by atoms with E-state index in [9.17, 15) is 4.79 Å². The number of aromatic nitrogens is 1. The summed E-state index contributed by atoms with van der Waals surface area (Å²) in [6.45, 7) is 3.14. The van der Waals surface area contributed by atoms with Gasteiger partial charge in [0.15, 0.2) is 0 Å². The van der Waals surface area contributed by atoms with Crippen LogP contribution >= 0.6 is 27.5 Å². The van der Waals surface area contributed by atoms with Crippen LogP contribution < -0.4 is 15.0 Å². The fraction of sp³-hybridized carbons (Fsp3) is 0.455. The lowest BCUT2D eigenvalue weighted by Crippen LogP contribution is -2.39. The molecule has 1 saturated heterocycles. The molecule has 1 saturated carbocycles. The van der Waals surface area contributed by atoms with Crippen LogP contribution in [0.4, 0.5) is 10.6 Å². The van der Waals surface area contributed by atoms with E-state index in [0.29, 0.717) is 0 Å². The number of halogens is 2. The van der Waals surface area contributed by atoms with Gasteiger partial charge in [0.25, 0.3) is 0 Å². The number of urea groups is 1. The van der Waals surface area contributed by atoms with E-state index in [1.165, 1.54) is 5.56 Å². The Kier molecular flexibility index (Phi) is 5.06.